The number of anilines is 1. The van der Waals surface area contributed by atoms with Crippen molar-refractivity contribution in [3.05, 3.63) is 29.6 Å². The van der Waals surface area contributed by atoms with Crippen LogP contribution in [0, 0.1) is 29.5 Å². The van der Waals surface area contributed by atoms with Gasteiger partial charge in [0.25, 0.3) is 0 Å². The number of nitriles is 1. The van der Waals surface area contributed by atoms with E-state index in [1.54, 1.807) is 12.1 Å². The Morgan fingerprint density at radius 3 is 2.81 bits per heavy atom. The summed E-state index contributed by atoms with van der Waals surface area (Å²) in [5.74, 6) is 2.07. The molecule has 0 amide bonds. The molecule has 0 aliphatic carbocycles. The zero-order valence-corrected chi connectivity index (χ0v) is 9.13. The Kier molecular flexibility index (Phi) is 4.36. The summed E-state index contributed by atoms with van der Waals surface area (Å²) in [5, 5.41) is 11.6. The first kappa shape index (κ1) is 12.1. The van der Waals surface area contributed by atoms with Gasteiger partial charge in [-0.15, -0.1) is 6.42 Å². The van der Waals surface area contributed by atoms with E-state index in [0.717, 1.165) is 12.8 Å². The summed E-state index contributed by atoms with van der Waals surface area (Å²) in [6.07, 6.45) is 7.13. The highest BCUT2D eigenvalue weighted by molar-refractivity contribution is 5.49. The lowest BCUT2D eigenvalue weighted by Gasteiger charge is -2.13. The van der Waals surface area contributed by atoms with Gasteiger partial charge in [-0.25, -0.2) is 4.39 Å². The molecule has 0 aliphatic rings. The fraction of sp³-hybridized carbons (Fsp3) is 0.308. The molecule has 1 atom stereocenters. The number of halogens is 1. The van der Waals surface area contributed by atoms with E-state index >= 15 is 0 Å². The van der Waals surface area contributed by atoms with Crippen molar-refractivity contribution in [3.8, 4) is 18.4 Å². The number of terminal acetylenes is 1. The first-order valence-electron chi connectivity index (χ1n) is 5.13. The van der Waals surface area contributed by atoms with Gasteiger partial charge in [0.15, 0.2) is 0 Å². The average Bonchev–Trinajstić information content (AvgIpc) is 2.28. The van der Waals surface area contributed by atoms with Gasteiger partial charge in [0, 0.05) is 5.69 Å². The minimum atomic E-state index is -0.528. The molecule has 16 heavy (non-hydrogen) atoms. The summed E-state index contributed by atoms with van der Waals surface area (Å²) in [7, 11) is 0. The van der Waals surface area contributed by atoms with Crippen LogP contribution < -0.4 is 5.32 Å². The summed E-state index contributed by atoms with van der Waals surface area (Å²) < 4.78 is 13.3. The number of nitrogens with one attached hydrogen (secondary N) is 1. The first-order valence-corrected chi connectivity index (χ1v) is 5.13. The number of hydrogen-bond acceptors (Lipinski definition) is 2. The van der Waals surface area contributed by atoms with Crippen LogP contribution in [-0.4, -0.2) is 6.04 Å². The topological polar surface area (TPSA) is 35.8 Å². The van der Waals surface area contributed by atoms with E-state index in [4.69, 9.17) is 11.7 Å². The Morgan fingerprint density at radius 1 is 1.56 bits per heavy atom. The lowest BCUT2D eigenvalue weighted by molar-refractivity contribution is 0.624. The Morgan fingerprint density at radius 2 is 2.31 bits per heavy atom. The van der Waals surface area contributed by atoms with E-state index in [9.17, 15) is 4.39 Å². The van der Waals surface area contributed by atoms with Crippen LogP contribution in [-0.2, 0) is 0 Å². The molecule has 0 aromatic heterocycles. The van der Waals surface area contributed by atoms with Gasteiger partial charge < -0.3 is 5.32 Å². The molecule has 1 unspecified atom stereocenters. The average molecular weight is 216 g/mol. The SMILES string of the molecule is C#CC(CCC)Nc1ccc(C#N)c(F)c1. The number of benzene rings is 1. The number of rotatable bonds is 4. The molecule has 0 spiro atoms. The third-order valence-electron chi connectivity index (χ3n) is 2.21. The Balaban J connectivity index is 2.79. The van der Waals surface area contributed by atoms with Crippen LogP contribution in [0.3, 0.4) is 0 Å². The highest BCUT2D eigenvalue weighted by Gasteiger charge is 2.06. The van der Waals surface area contributed by atoms with E-state index in [1.807, 2.05) is 6.92 Å². The van der Waals surface area contributed by atoms with E-state index in [0.29, 0.717) is 5.69 Å². The molecule has 1 aromatic rings. The maximum atomic E-state index is 13.3. The molecular weight excluding hydrogens is 203 g/mol. The Labute approximate surface area is 95.1 Å². The molecule has 3 heteroatoms. The predicted octanol–water partition coefficient (Wildman–Crippen LogP) is 2.91. The Hall–Kier alpha value is -2.00. The number of nitrogens with zero attached hydrogens (tertiary/aromatic N) is 1. The van der Waals surface area contributed by atoms with E-state index in [-0.39, 0.29) is 11.6 Å². The van der Waals surface area contributed by atoms with Crippen molar-refractivity contribution < 1.29 is 4.39 Å². The second-order valence-corrected chi connectivity index (χ2v) is 3.46. The molecule has 0 fully saturated rings. The number of hydrogen-bond donors (Lipinski definition) is 1. The van der Waals surface area contributed by atoms with Crippen molar-refractivity contribution in [3.63, 3.8) is 0 Å². The van der Waals surface area contributed by atoms with Crippen molar-refractivity contribution in [2.75, 3.05) is 5.32 Å². The zero-order chi connectivity index (χ0) is 12.0. The fourth-order valence-corrected chi connectivity index (χ4v) is 1.38. The molecule has 0 saturated carbocycles. The largest absolute Gasteiger partial charge is 0.371 e. The van der Waals surface area contributed by atoms with Crippen molar-refractivity contribution in [1.29, 1.82) is 5.26 Å². The summed E-state index contributed by atoms with van der Waals surface area (Å²) in [6, 6.07) is 6.06. The van der Waals surface area contributed by atoms with Gasteiger partial charge in [0.1, 0.15) is 11.9 Å². The summed E-state index contributed by atoms with van der Waals surface area (Å²) >= 11 is 0. The van der Waals surface area contributed by atoms with Crippen molar-refractivity contribution in [2.24, 2.45) is 0 Å². The van der Waals surface area contributed by atoms with Crippen LogP contribution in [0.15, 0.2) is 18.2 Å². The molecule has 1 N–H and O–H groups in total. The highest BCUT2D eigenvalue weighted by atomic mass is 19.1. The summed E-state index contributed by atoms with van der Waals surface area (Å²) in [5.41, 5.74) is 0.645. The van der Waals surface area contributed by atoms with Crippen LogP contribution in [0.4, 0.5) is 10.1 Å². The van der Waals surface area contributed by atoms with E-state index in [2.05, 4.69) is 11.2 Å². The summed E-state index contributed by atoms with van der Waals surface area (Å²) in [4.78, 5) is 0. The molecule has 2 nitrogen and oxygen atoms in total. The Bertz CT molecular complexity index is 440. The van der Waals surface area contributed by atoms with Gasteiger partial charge in [-0.3, -0.25) is 0 Å². The van der Waals surface area contributed by atoms with Gasteiger partial charge in [-0.1, -0.05) is 19.3 Å². The molecule has 0 bridgehead atoms. The molecular formula is C13H13FN2. The smallest absolute Gasteiger partial charge is 0.143 e. The fourth-order valence-electron chi connectivity index (χ4n) is 1.38. The quantitative estimate of drug-likeness (QED) is 0.785. The third kappa shape index (κ3) is 3.00. The van der Waals surface area contributed by atoms with Gasteiger partial charge in [-0.2, -0.15) is 5.26 Å². The van der Waals surface area contributed by atoms with Gasteiger partial charge in [0.2, 0.25) is 0 Å². The molecule has 0 saturated heterocycles. The van der Waals surface area contributed by atoms with Crippen LogP contribution in [0.1, 0.15) is 25.3 Å². The first-order chi connectivity index (χ1) is 7.71. The summed E-state index contributed by atoms with van der Waals surface area (Å²) in [6.45, 7) is 2.03. The standard InChI is InChI=1S/C13H13FN2/c1-3-5-11(4-2)16-12-7-6-10(9-15)13(14)8-12/h2,6-8,11,16H,3,5H2,1H3. The monoisotopic (exact) mass is 216 g/mol. The van der Waals surface area contributed by atoms with Crippen LogP contribution in [0.5, 0.6) is 0 Å². The van der Waals surface area contributed by atoms with E-state index in [1.165, 1.54) is 12.1 Å². The lowest BCUT2D eigenvalue weighted by atomic mass is 10.1. The minimum Gasteiger partial charge on any atom is -0.371 e. The second kappa shape index (κ2) is 5.78. The zero-order valence-electron chi connectivity index (χ0n) is 9.13. The third-order valence-corrected chi connectivity index (χ3v) is 2.21. The molecule has 0 heterocycles. The highest BCUT2D eigenvalue weighted by Crippen LogP contribution is 2.15. The van der Waals surface area contributed by atoms with Gasteiger partial charge in [-0.05, 0) is 24.6 Å². The van der Waals surface area contributed by atoms with Crippen molar-refractivity contribution >= 4 is 5.69 Å². The van der Waals surface area contributed by atoms with Gasteiger partial charge in [0.05, 0.1) is 11.6 Å². The van der Waals surface area contributed by atoms with Gasteiger partial charge >= 0.3 is 0 Å². The molecule has 0 aliphatic heterocycles. The van der Waals surface area contributed by atoms with Crippen LogP contribution >= 0.6 is 0 Å². The second-order valence-electron chi connectivity index (χ2n) is 3.46. The lowest BCUT2D eigenvalue weighted by Crippen LogP contribution is -2.16. The van der Waals surface area contributed by atoms with Crippen molar-refractivity contribution in [1.82, 2.24) is 0 Å². The molecule has 82 valence electrons. The van der Waals surface area contributed by atoms with Crippen LogP contribution in [0.2, 0.25) is 0 Å². The van der Waals surface area contributed by atoms with Crippen LogP contribution in [0.25, 0.3) is 0 Å². The van der Waals surface area contributed by atoms with Crippen molar-refractivity contribution in [2.45, 2.75) is 25.8 Å². The van der Waals surface area contributed by atoms with E-state index < -0.39 is 5.82 Å². The molecule has 0 radical (unpaired) electrons. The normalized spacial score (nSPS) is 11.2. The predicted molar refractivity (Wildman–Crippen MR) is 62.3 cm³/mol. The molecule has 1 rings (SSSR count). The maximum Gasteiger partial charge on any atom is 0.143 e. The minimum absolute atomic E-state index is 0.0401. The maximum absolute atomic E-state index is 13.3. The molecule has 1 aromatic carbocycles.